The Morgan fingerprint density at radius 2 is 2.04 bits per heavy atom. The van der Waals surface area contributed by atoms with Crippen LogP contribution in [-0.2, 0) is 4.79 Å². The van der Waals surface area contributed by atoms with Crippen molar-refractivity contribution in [3.8, 4) is 17.1 Å². The highest BCUT2D eigenvalue weighted by molar-refractivity contribution is 8.00. The number of halogens is 1. The second kappa shape index (κ2) is 7.13. The molecule has 0 radical (unpaired) electrons. The number of rotatable bonds is 4. The van der Waals surface area contributed by atoms with E-state index < -0.39 is 17.3 Å². The van der Waals surface area contributed by atoms with E-state index in [0.717, 1.165) is 22.9 Å². The smallest absolute Gasteiger partial charge is 0.319 e. The highest BCUT2D eigenvalue weighted by atomic mass is 35.5. The maximum Gasteiger partial charge on any atom is 0.319 e. The first-order chi connectivity index (χ1) is 13.1. The number of methoxy groups -OCH3 is 1. The van der Waals surface area contributed by atoms with Crippen LogP contribution in [0, 0.1) is 0 Å². The Morgan fingerprint density at radius 1 is 1.26 bits per heavy atom. The second-order valence-electron chi connectivity index (χ2n) is 5.89. The van der Waals surface area contributed by atoms with Gasteiger partial charge in [-0.1, -0.05) is 59.8 Å². The molecular weight excluding hydrogens is 388 g/mol. The second-order valence-corrected chi connectivity index (χ2v) is 7.40. The van der Waals surface area contributed by atoms with E-state index in [9.17, 15) is 9.90 Å². The number of fused-ring (bicyclic) bond motifs is 1. The lowest BCUT2D eigenvalue weighted by Gasteiger charge is -2.31. The lowest BCUT2D eigenvalue weighted by atomic mass is 10.0. The molecule has 0 aliphatic carbocycles. The molecule has 0 spiro atoms. The maximum absolute atomic E-state index is 11.9. The molecule has 0 saturated carbocycles. The molecule has 0 saturated heterocycles. The third kappa shape index (κ3) is 3.22. The Morgan fingerprint density at radius 3 is 2.70 bits per heavy atom. The SMILES string of the molecule is COc1ccc(C2Nn3c(nnc3-c3ccccc3)SC2C(=O)O)cc1Cl. The molecule has 0 bridgehead atoms. The first-order valence-electron chi connectivity index (χ1n) is 8.09. The average Bonchev–Trinajstić information content (AvgIpc) is 3.10. The van der Waals surface area contributed by atoms with Crippen LogP contribution in [0.25, 0.3) is 11.4 Å². The molecule has 2 unspecified atom stereocenters. The predicted octanol–water partition coefficient (Wildman–Crippen LogP) is 3.45. The molecule has 2 N–H and O–H groups in total. The van der Waals surface area contributed by atoms with Gasteiger partial charge in [-0.2, -0.15) is 0 Å². The Hall–Kier alpha value is -2.71. The number of thioether (sulfide) groups is 1. The summed E-state index contributed by atoms with van der Waals surface area (Å²) in [4.78, 5) is 11.9. The monoisotopic (exact) mass is 402 g/mol. The van der Waals surface area contributed by atoms with E-state index >= 15 is 0 Å². The summed E-state index contributed by atoms with van der Waals surface area (Å²) in [6.07, 6.45) is 0. The molecule has 1 aromatic heterocycles. The van der Waals surface area contributed by atoms with Crippen molar-refractivity contribution >= 4 is 29.3 Å². The minimum Gasteiger partial charge on any atom is -0.495 e. The number of carboxylic acids is 1. The summed E-state index contributed by atoms with van der Waals surface area (Å²) < 4.78 is 6.91. The first kappa shape index (κ1) is 17.7. The van der Waals surface area contributed by atoms with Gasteiger partial charge in [0, 0.05) is 5.56 Å². The van der Waals surface area contributed by atoms with E-state index in [1.807, 2.05) is 30.3 Å². The molecule has 7 nitrogen and oxygen atoms in total. The fourth-order valence-electron chi connectivity index (χ4n) is 2.94. The zero-order chi connectivity index (χ0) is 19.0. The number of carbonyl (C=O) groups is 1. The van der Waals surface area contributed by atoms with Crippen molar-refractivity contribution in [1.82, 2.24) is 14.9 Å². The van der Waals surface area contributed by atoms with Crippen molar-refractivity contribution < 1.29 is 14.6 Å². The van der Waals surface area contributed by atoms with Crippen LogP contribution in [0.3, 0.4) is 0 Å². The molecule has 2 heterocycles. The minimum atomic E-state index is -0.944. The van der Waals surface area contributed by atoms with Crippen molar-refractivity contribution in [2.45, 2.75) is 16.4 Å². The molecule has 27 heavy (non-hydrogen) atoms. The molecule has 2 atom stereocenters. The summed E-state index contributed by atoms with van der Waals surface area (Å²) in [7, 11) is 1.53. The zero-order valence-corrected chi connectivity index (χ0v) is 15.7. The normalized spacial score (nSPS) is 18.4. The van der Waals surface area contributed by atoms with Gasteiger partial charge < -0.3 is 15.3 Å². The quantitative estimate of drug-likeness (QED) is 0.690. The number of aliphatic carboxylic acids is 1. The lowest BCUT2D eigenvalue weighted by molar-refractivity contribution is -0.136. The van der Waals surface area contributed by atoms with Gasteiger partial charge in [-0.15, -0.1) is 10.2 Å². The lowest BCUT2D eigenvalue weighted by Crippen LogP contribution is -2.38. The van der Waals surface area contributed by atoms with Gasteiger partial charge >= 0.3 is 5.97 Å². The van der Waals surface area contributed by atoms with E-state index in [-0.39, 0.29) is 0 Å². The van der Waals surface area contributed by atoms with Crippen LogP contribution in [0.1, 0.15) is 11.6 Å². The third-order valence-corrected chi connectivity index (χ3v) is 5.75. The topological polar surface area (TPSA) is 89.3 Å². The summed E-state index contributed by atoms with van der Waals surface area (Å²) >= 11 is 7.40. The molecule has 0 amide bonds. The number of carboxylic acid groups (broad SMARTS) is 1. The maximum atomic E-state index is 11.9. The molecule has 1 aliphatic heterocycles. The molecule has 138 valence electrons. The molecule has 9 heteroatoms. The van der Waals surface area contributed by atoms with Gasteiger partial charge in [0.1, 0.15) is 11.0 Å². The summed E-state index contributed by atoms with van der Waals surface area (Å²) in [5.74, 6) is 0.206. The number of nitrogens with zero attached hydrogens (tertiary/aromatic N) is 3. The molecule has 4 rings (SSSR count). The molecule has 0 fully saturated rings. The van der Waals surface area contributed by atoms with Crippen molar-refractivity contribution in [3.63, 3.8) is 0 Å². The van der Waals surface area contributed by atoms with Gasteiger partial charge in [0.2, 0.25) is 5.16 Å². The number of aromatic nitrogens is 3. The van der Waals surface area contributed by atoms with Crippen LogP contribution in [0.4, 0.5) is 0 Å². The number of nitrogens with one attached hydrogen (secondary N) is 1. The summed E-state index contributed by atoms with van der Waals surface area (Å²) in [5.41, 5.74) is 4.86. The molecule has 2 aromatic carbocycles. The number of benzene rings is 2. The van der Waals surface area contributed by atoms with E-state index in [0.29, 0.717) is 21.8 Å². The predicted molar refractivity (Wildman–Crippen MR) is 103 cm³/mol. The Bertz CT molecular complexity index is 996. The molecule has 3 aromatic rings. The van der Waals surface area contributed by atoms with Crippen LogP contribution >= 0.6 is 23.4 Å². The fourth-order valence-corrected chi connectivity index (χ4v) is 4.22. The summed E-state index contributed by atoms with van der Waals surface area (Å²) in [6.45, 7) is 0. The van der Waals surface area contributed by atoms with Gasteiger partial charge in [-0.25, -0.2) is 4.68 Å². The standard InChI is InChI=1S/C18H15ClN4O3S/c1-26-13-8-7-11(9-12(13)19)14-15(17(24)25)27-18-21-20-16(23(18)22-14)10-5-3-2-4-6-10/h2-9,14-15,22H,1H3,(H,24,25). The van der Waals surface area contributed by atoms with Gasteiger partial charge in [-0.3, -0.25) is 4.79 Å². The van der Waals surface area contributed by atoms with Crippen LogP contribution in [0.2, 0.25) is 5.02 Å². The van der Waals surface area contributed by atoms with Crippen LogP contribution in [0.15, 0.2) is 53.7 Å². The first-order valence-corrected chi connectivity index (χ1v) is 9.34. The summed E-state index contributed by atoms with van der Waals surface area (Å²) in [6, 6.07) is 14.3. The van der Waals surface area contributed by atoms with Crippen LogP contribution in [-0.4, -0.2) is 38.3 Å². The largest absolute Gasteiger partial charge is 0.495 e. The number of ether oxygens (including phenoxy) is 1. The Kier molecular flexibility index (Phi) is 4.67. The third-order valence-electron chi connectivity index (χ3n) is 4.25. The van der Waals surface area contributed by atoms with Crippen LogP contribution < -0.4 is 10.2 Å². The molecule has 1 aliphatic rings. The van der Waals surface area contributed by atoms with Gasteiger partial charge in [0.05, 0.1) is 18.2 Å². The molecular formula is C18H15ClN4O3S. The van der Waals surface area contributed by atoms with Gasteiger partial charge in [0.15, 0.2) is 5.82 Å². The van der Waals surface area contributed by atoms with Gasteiger partial charge in [0.25, 0.3) is 0 Å². The van der Waals surface area contributed by atoms with E-state index in [1.165, 1.54) is 7.11 Å². The Balaban J connectivity index is 1.76. The van der Waals surface area contributed by atoms with Crippen LogP contribution in [0.5, 0.6) is 5.75 Å². The number of hydrogen-bond donors (Lipinski definition) is 2. The van der Waals surface area contributed by atoms with Crippen molar-refractivity contribution in [2.75, 3.05) is 12.5 Å². The van der Waals surface area contributed by atoms with E-state index in [4.69, 9.17) is 16.3 Å². The van der Waals surface area contributed by atoms with E-state index in [2.05, 4.69) is 15.6 Å². The highest BCUT2D eigenvalue weighted by Crippen LogP contribution is 2.40. The minimum absolute atomic E-state index is 0.420. The van der Waals surface area contributed by atoms with E-state index in [1.54, 1.807) is 22.9 Å². The highest BCUT2D eigenvalue weighted by Gasteiger charge is 2.38. The Labute approximate surface area is 164 Å². The van der Waals surface area contributed by atoms with Gasteiger partial charge in [-0.05, 0) is 17.7 Å². The zero-order valence-electron chi connectivity index (χ0n) is 14.2. The van der Waals surface area contributed by atoms with Crippen molar-refractivity contribution in [1.29, 1.82) is 0 Å². The van der Waals surface area contributed by atoms with Crippen molar-refractivity contribution in [2.24, 2.45) is 0 Å². The fraction of sp³-hybridized carbons (Fsp3) is 0.167. The average molecular weight is 403 g/mol. The number of hydrogen-bond acceptors (Lipinski definition) is 6. The van der Waals surface area contributed by atoms with Crippen molar-refractivity contribution in [3.05, 3.63) is 59.1 Å². The summed E-state index contributed by atoms with van der Waals surface area (Å²) in [5, 5.41) is 18.2.